The van der Waals surface area contributed by atoms with Crippen molar-refractivity contribution in [3.05, 3.63) is 24.3 Å². The monoisotopic (exact) mass is 332 g/mol. The number of para-hydroxylation sites is 2. The Morgan fingerprint density at radius 3 is 2.71 bits per heavy atom. The minimum absolute atomic E-state index is 0.104. The summed E-state index contributed by atoms with van der Waals surface area (Å²) in [5.74, 6) is 1.75. The second-order valence-electron chi connectivity index (χ2n) is 7.40. The number of ether oxygens (including phenoxy) is 3. The number of hydrogen-bond donors (Lipinski definition) is 0. The number of rotatable bonds is 3. The predicted molar refractivity (Wildman–Crippen MR) is 92.8 cm³/mol. The summed E-state index contributed by atoms with van der Waals surface area (Å²) in [6.45, 7) is 6.99. The number of benzene rings is 1. The number of fused-ring (bicyclic) bond motifs is 1. The van der Waals surface area contributed by atoms with Gasteiger partial charge in [0, 0.05) is 39.1 Å². The van der Waals surface area contributed by atoms with Gasteiger partial charge in [0.05, 0.1) is 12.2 Å². The summed E-state index contributed by atoms with van der Waals surface area (Å²) < 4.78 is 18.0. The molecule has 0 amide bonds. The standard InChI is InChI=1S/C19H28N2O3/c1-20-12-13-23-19(15-20)7-10-21(11-8-19)9-6-16-14-22-17-4-2-3-5-18(17)24-16/h2-5,16H,6-15H2,1H3. The molecule has 1 spiro atoms. The van der Waals surface area contributed by atoms with Crippen LogP contribution in [-0.2, 0) is 4.74 Å². The lowest BCUT2D eigenvalue weighted by Gasteiger charge is -2.46. The molecule has 24 heavy (non-hydrogen) atoms. The van der Waals surface area contributed by atoms with E-state index in [1.165, 1.54) is 0 Å². The van der Waals surface area contributed by atoms with Crippen molar-refractivity contribution < 1.29 is 14.2 Å². The molecule has 3 aliphatic heterocycles. The first-order valence-electron chi connectivity index (χ1n) is 9.16. The Bertz CT molecular complexity index is 557. The summed E-state index contributed by atoms with van der Waals surface area (Å²) in [5, 5.41) is 0. The van der Waals surface area contributed by atoms with E-state index in [2.05, 4.69) is 16.8 Å². The molecule has 1 aromatic rings. The average Bonchev–Trinajstić information content (AvgIpc) is 2.61. The number of nitrogens with zero attached hydrogens (tertiary/aromatic N) is 2. The van der Waals surface area contributed by atoms with Gasteiger partial charge in [0.2, 0.25) is 0 Å². The molecule has 1 atom stereocenters. The second kappa shape index (κ2) is 6.90. The minimum Gasteiger partial charge on any atom is -0.486 e. The van der Waals surface area contributed by atoms with Crippen molar-refractivity contribution in [3.63, 3.8) is 0 Å². The fraction of sp³-hybridized carbons (Fsp3) is 0.684. The van der Waals surface area contributed by atoms with Crippen LogP contribution in [0.5, 0.6) is 11.5 Å². The maximum Gasteiger partial charge on any atom is 0.161 e. The highest BCUT2D eigenvalue weighted by molar-refractivity contribution is 5.40. The molecule has 0 N–H and O–H groups in total. The van der Waals surface area contributed by atoms with Crippen LogP contribution in [0.4, 0.5) is 0 Å². The lowest BCUT2D eigenvalue weighted by molar-refractivity contribution is -0.131. The maximum absolute atomic E-state index is 6.15. The van der Waals surface area contributed by atoms with Gasteiger partial charge in [-0.05, 0) is 32.0 Å². The van der Waals surface area contributed by atoms with Crippen molar-refractivity contribution in [2.24, 2.45) is 0 Å². The fourth-order valence-corrected chi connectivity index (χ4v) is 4.05. The quantitative estimate of drug-likeness (QED) is 0.846. The third-order valence-electron chi connectivity index (χ3n) is 5.54. The minimum atomic E-state index is 0.104. The number of piperidine rings is 1. The molecule has 4 rings (SSSR count). The second-order valence-corrected chi connectivity index (χ2v) is 7.40. The van der Waals surface area contributed by atoms with Crippen LogP contribution in [0.15, 0.2) is 24.3 Å². The molecule has 5 nitrogen and oxygen atoms in total. The van der Waals surface area contributed by atoms with E-state index >= 15 is 0 Å². The molecular formula is C19H28N2O3. The van der Waals surface area contributed by atoms with Gasteiger partial charge in [-0.15, -0.1) is 0 Å². The van der Waals surface area contributed by atoms with Gasteiger partial charge in [-0.3, -0.25) is 0 Å². The zero-order valence-corrected chi connectivity index (χ0v) is 14.6. The molecular weight excluding hydrogens is 304 g/mol. The zero-order chi connectivity index (χ0) is 16.4. The molecule has 0 aromatic heterocycles. The summed E-state index contributed by atoms with van der Waals surface area (Å²) in [6, 6.07) is 7.94. The Morgan fingerprint density at radius 2 is 1.92 bits per heavy atom. The van der Waals surface area contributed by atoms with Crippen LogP contribution in [0.2, 0.25) is 0 Å². The largest absolute Gasteiger partial charge is 0.486 e. The first-order valence-corrected chi connectivity index (χ1v) is 9.16. The van der Waals surface area contributed by atoms with Gasteiger partial charge in [-0.2, -0.15) is 0 Å². The molecule has 132 valence electrons. The van der Waals surface area contributed by atoms with Gasteiger partial charge in [-0.25, -0.2) is 0 Å². The number of morpholine rings is 1. The van der Waals surface area contributed by atoms with E-state index in [-0.39, 0.29) is 11.7 Å². The summed E-state index contributed by atoms with van der Waals surface area (Å²) in [4.78, 5) is 4.96. The molecule has 1 unspecified atom stereocenters. The highest BCUT2D eigenvalue weighted by Crippen LogP contribution is 2.32. The zero-order valence-electron chi connectivity index (χ0n) is 14.6. The van der Waals surface area contributed by atoms with Crippen LogP contribution < -0.4 is 9.47 Å². The third-order valence-corrected chi connectivity index (χ3v) is 5.54. The Hall–Kier alpha value is -1.30. The van der Waals surface area contributed by atoms with E-state index < -0.39 is 0 Å². The van der Waals surface area contributed by atoms with Crippen molar-refractivity contribution in [2.45, 2.75) is 31.0 Å². The van der Waals surface area contributed by atoms with Gasteiger partial charge in [0.15, 0.2) is 11.5 Å². The van der Waals surface area contributed by atoms with Gasteiger partial charge in [-0.1, -0.05) is 12.1 Å². The molecule has 5 heteroatoms. The molecule has 3 aliphatic rings. The fourth-order valence-electron chi connectivity index (χ4n) is 4.05. The Kier molecular flexibility index (Phi) is 4.66. The van der Waals surface area contributed by atoms with E-state index in [9.17, 15) is 0 Å². The number of likely N-dealkylation sites (tertiary alicyclic amines) is 1. The van der Waals surface area contributed by atoms with E-state index in [1.54, 1.807) is 0 Å². The Balaban J connectivity index is 1.24. The van der Waals surface area contributed by atoms with E-state index in [0.29, 0.717) is 6.61 Å². The highest BCUT2D eigenvalue weighted by atomic mass is 16.6. The molecule has 0 bridgehead atoms. The van der Waals surface area contributed by atoms with Crippen molar-refractivity contribution in [3.8, 4) is 11.5 Å². The van der Waals surface area contributed by atoms with Gasteiger partial charge < -0.3 is 24.0 Å². The lowest BCUT2D eigenvalue weighted by atomic mass is 9.89. The van der Waals surface area contributed by atoms with Crippen LogP contribution in [0.3, 0.4) is 0 Å². The van der Waals surface area contributed by atoms with Gasteiger partial charge >= 0.3 is 0 Å². The smallest absolute Gasteiger partial charge is 0.161 e. The van der Waals surface area contributed by atoms with Crippen LogP contribution in [-0.4, -0.2) is 74.5 Å². The van der Waals surface area contributed by atoms with Crippen LogP contribution in [0, 0.1) is 0 Å². The van der Waals surface area contributed by atoms with E-state index in [0.717, 1.165) is 70.1 Å². The molecule has 0 radical (unpaired) electrons. The average molecular weight is 332 g/mol. The maximum atomic E-state index is 6.15. The number of likely N-dealkylation sites (N-methyl/N-ethyl adjacent to an activating group) is 1. The van der Waals surface area contributed by atoms with Crippen LogP contribution in [0.1, 0.15) is 19.3 Å². The first kappa shape index (κ1) is 16.2. The van der Waals surface area contributed by atoms with E-state index in [4.69, 9.17) is 14.2 Å². The number of hydrogen-bond acceptors (Lipinski definition) is 5. The molecule has 2 saturated heterocycles. The van der Waals surface area contributed by atoms with Gasteiger partial charge in [0.1, 0.15) is 12.7 Å². The van der Waals surface area contributed by atoms with Crippen molar-refractivity contribution in [1.82, 2.24) is 9.80 Å². The summed E-state index contributed by atoms with van der Waals surface area (Å²) >= 11 is 0. The van der Waals surface area contributed by atoms with Crippen molar-refractivity contribution in [1.29, 1.82) is 0 Å². The predicted octanol–water partition coefficient (Wildman–Crippen LogP) is 2.01. The topological polar surface area (TPSA) is 34.2 Å². The summed E-state index contributed by atoms with van der Waals surface area (Å²) in [5.41, 5.74) is 0.104. The van der Waals surface area contributed by atoms with E-state index in [1.807, 2.05) is 24.3 Å². The normalized spacial score (nSPS) is 27.3. The summed E-state index contributed by atoms with van der Waals surface area (Å²) in [7, 11) is 2.20. The van der Waals surface area contributed by atoms with Crippen molar-refractivity contribution >= 4 is 0 Å². The molecule has 0 saturated carbocycles. The third kappa shape index (κ3) is 3.53. The molecule has 2 fully saturated rings. The van der Waals surface area contributed by atoms with Gasteiger partial charge in [0.25, 0.3) is 0 Å². The molecule has 1 aromatic carbocycles. The van der Waals surface area contributed by atoms with Crippen LogP contribution in [0.25, 0.3) is 0 Å². The SMILES string of the molecule is CN1CCOC2(CCN(CCC3COc4ccccc4O3)CC2)C1. The Labute approximate surface area is 144 Å². The van der Waals surface area contributed by atoms with Crippen LogP contribution >= 0.6 is 0 Å². The molecule has 0 aliphatic carbocycles. The lowest BCUT2D eigenvalue weighted by Crippen LogP contribution is -2.56. The Morgan fingerprint density at radius 1 is 1.12 bits per heavy atom. The van der Waals surface area contributed by atoms with Crippen molar-refractivity contribution in [2.75, 3.05) is 53.0 Å². The summed E-state index contributed by atoms with van der Waals surface area (Å²) in [6.07, 6.45) is 3.46. The molecule has 3 heterocycles. The first-order chi connectivity index (χ1) is 11.7. The highest BCUT2D eigenvalue weighted by Gasteiger charge is 2.38.